The highest BCUT2D eigenvalue weighted by atomic mass is 16.2. The van der Waals surface area contributed by atoms with Crippen LogP contribution < -0.4 is 5.32 Å². The number of nitriles is 1. The number of hydrogen-bond donors (Lipinski definition) is 1. The molecule has 1 saturated heterocycles. The van der Waals surface area contributed by atoms with Gasteiger partial charge in [-0.3, -0.25) is 4.90 Å². The first-order valence-corrected chi connectivity index (χ1v) is 6.25. The van der Waals surface area contributed by atoms with Gasteiger partial charge in [-0.15, -0.1) is 0 Å². The van der Waals surface area contributed by atoms with Crippen molar-refractivity contribution in [1.29, 1.82) is 5.26 Å². The Labute approximate surface area is 102 Å². The lowest BCUT2D eigenvalue weighted by Gasteiger charge is -2.40. The van der Waals surface area contributed by atoms with Crippen molar-refractivity contribution in [3.05, 3.63) is 0 Å². The van der Waals surface area contributed by atoms with Crippen molar-refractivity contribution in [2.45, 2.75) is 38.3 Å². The van der Waals surface area contributed by atoms with Gasteiger partial charge in [0.25, 0.3) is 0 Å². The fourth-order valence-corrected chi connectivity index (χ4v) is 2.03. The van der Waals surface area contributed by atoms with E-state index in [-0.39, 0.29) is 6.03 Å². The second kappa shape index (κ2) is 4.53. The Morgan fingerprint density at radius 3 is 2.35 bits per heavy atom. The molecule has 0 atom stereocenters. The third-order valence-corrected chi connectivity index (χ3v) is 3.54. The van der Waals surface area contributed by atoms with Gasteiger partial charge in [0.15, 0.2) is 0 Å². The minimum absolute atomic E-state index is 0.0573. The smallest absolute Gasteiger partial charge is 0.317 e. The number of hydrogen-bond acceptors (Lipinski definition) is 3. The van der Waals surface area contributed by atoms with Crippen LogP contribution in [0.5, 0.6) is 0 Å². The summed E-state index contributed by atoms with van der Waals surface area (Å²) in [5, 5.41) is 12.1. The normalized spacial score (nSPS) is 22.1. The van der Waals surface area contributed by atoms with Gasteiger partial charge in [-0.1, -0.05) is 0 Å². The molecule has 1 heterocycles. The van der Waals surface area contributed by atoms with Gasteiger partial charge in [-0.2, -0.15) is 5.26 Å². The molecule has 0 aromatic heterocycles. The predicted octanol–water partition coefficient (Wildman–Crippen LogP) is 0.778. The first-order chi connectivity index (χ1) is 8.03. The highest BCUT2D eigenvalue weighted by molar-refractivity contribution is 5.75. The van der Waals surface area contributed by atoms with Crippen molar-refractivity contribution in [1.82, 2.24) is 15.1 Å². The van der Waals surface area contributed by atoms with Crippen LogP contribution in [0.2, 0.25) is 0 Å². The molecule has 0 spiro atoms. The van der Waals surface area contributed by atoms with Gasteiger partial charge in [0, 0.05) is 32.2 Å². The molecule has 1 aliphatic heterocycles. The summed E-state index contributed by atoms with van der Waals surface area (Å²) in [7, 11) is 0. The van der Waals surface area contributed by atoms with Gasteiger partial charge in [0.05, 0.1) is 6.07 Å². The minimum atomic E-state index is -0.431. The van der Waals surface area contributed by atoms with Crippen LogP contribution in [0.1, 0.15) is 26.7 Å². The van der Waals surface area contributed by atoms with E-state index in [4.69, 9.17) is 5.26 Å². The molecule has 1 N–H and O–H groups in total. The lowest BCUT2D eigenvalue weighted by atomic mass is 10.0. The summed E-state index contributed by atoms with van der Waals surface area (Å²) in [5.41, 5.74) is -0.431. The average molecular weight is 236 g/mol. The number of carbonyl (C=O) groups is 1. The maximum atomic E-state index is 11.8. The molecule has 0 radical (unpaired) electrons. The number of nitrogens with one attached hydrogen (secondary N) is 1. The third kappa shape index (κ3) is 2.89. The summed E-state index contributed by atoms with van der Waals surface area (Å²) < 4.78 is 0. The standard InChI is InChI=1S/C12H20N4O/c1-12(2,9-13)16-7-5-15(6-8-16)11(17)14-10-3-4-10/h10H,3-8H2,1-2H3,(H,14,17). The highest BCUT2D eigenvalue weighted by Crippen LogP contribution is 2.20. The molecule has 0 aromatic rings. The molecular formula is C12H20N4O. The molecule has 2 fully saturated rings. The van der Waals surface area contributed by atoms with E-state index < -0.39 is 5.54 Å². The van der Waals surface area contributed by atoms with Gasteiger partial charge in [-0.05, 0) is 26.7 Å². The predicted molar refractivity (Wildman–Crippen MR) is 64.4 cm³/mol. The van der Waals surface area contributed by atoms with E-state index in [0.29, 0.717) is 19.1 Å². The fraction of sp³-hybridized carbons (Fsp3) is 0.833. The van der Waals surface area contributed by atoms with Crippen LogP contribution in [0.15, 0.2) is 0 Å². The Morgan fingerprint density at radius 1 is 1.29 bits per heavy atom. The fourth-order valence-electron chi connectivity index (χ4n) is 2.03. The van der Waals surface area contributed by atoms with E-state index in [9.17, 15) is 4.79 Å². The van der Waals surface area contributed by atoms with Crippen LogP contribution in [0, 0.1) is 11.3 Å². The van der Waals surface area contributed by atoms with Crippen LogP contribution in [0.4, 0.5) is 4.79 Å². The molecule has 94 valence electrons. The number of amides is 2. The Balaban J connectivity index is 1.81. The number of rotatable bonds is 2. The zero-order chi connectivity index (χ0) is 12.5. The Morgan fingerprint density at radius 2 is 1.88 bits per heavy atom. The van der Waals surface area contributed by atoms with E-state index in [1.165, 1.54) is 0 Å². The van der Waals surface area contributed by atoms with E-state index in [0.717, 1.165) is 25.9 Å². The summed E-state index contributed by atoms with van der Waals surface area (Å²) >= 11 is 0. The van der Waals surface area contributed by atoms with Gasteiger partial charge >= 0.3 is 6.03 Å². The second-order valence-corrected chi connectivity index (χ2v) is 5.37. The van der Waals surface area contributed by atoms with Gasteiger partial charge in [-0.25, -0.2) is 4.79 Å². The molecule has 2 amide bonds. The summed E-state index contributed by atoms with van der Waals surface area (Å²) in [5.74, 6) is 0. The van der Waals surface area contributed by atoms with E-state index in [1.54, 1.807) is 0 Å². The summed E-state index contributed by atoms with van der Waals surface area (Å²) in [6.07, 6.45) is 2.24. The summed E-state index contributed by atoms with van der Waals surface area (Å²) in [6, 6.07) is 2.77. The molecule has 1 saturated carbocycles. The molecule has 5 nitrogen and oxygen atoms in total. The Bertz CT molecular complexity index is 335. The summed E-state index contributed by atoms with van der Waals surface area (Å²) in [4.78, 5) is 15.8. The van der Waals surface area contributed by atoms with Crippen molar-refractivity contribution >= 4 is 6.03 Å². The SMILES string of the molecule is CC(C)(C#N)N1CCN(C(=O)NC2CC2)CC1. The molecule has 0 unspecified atom stereocenters. The van der Waals surface area contributed by atoms with Crippen LogP contribution in [0.3, 0.4) is 0 Å². The molecule has 17 heavy (non-hydrogen) atoms. The van der Waals surface area contributed by atoms with Crippen LogP contribution in [0.25, 0.3) is 0 Å². The number of nitrogens with zero attached hydrogens (tertiary/aromatic N) is 3. The molecule has 2 aliphatic rings. The molecule has 0 aromatic carbocycles. The highest BCUT2D eigenvalue weighted by Gasteiger charge is 2.32. The number of piperazine rings is 1. The van der Waals surface area contributed by atoms with E-state index >= 15 is 0 Å². The molecule has 2 rings (SSSR count). The average Bonchev–Trinajstić information content (AvgIpc) is 3.13. The van der Waals surface area contributed by atoms with Gasteiger partial charge in [0.2, 0.25) is 0 Å². The van der Waals surface area contributed by atoms with Crippen molar-refractivity contribution < 1.29 is 4.79 Å². The number of urea groups is 1. The maximum absolute atomic E-state index is 11.8. The third-order valence-electron chi connectivity index (χ3n) is 3.54. The zero-order valence-corrected chi connectivity index (χ0v) is 10.6. The molecule has 0 bridgehead atoms. The van der Waals surface area contributed by atoms with E-state index in [1.807, 2.05) is 18.7 Å². The lowest BCUT2D eigenvalue weighted by Crippen LogP contribution is -2.57. The topological polar surface area (TPSA) is 59.4 Å². The van der Waals surface area contributed by atoms with Crippen molar-refractivity contribution in [3.8, 4) is 6.07 Å². The quantitative estimate of drug-likeness (QED) is 0.770. The molecule has 5 heteroatoms. The largest absolute Gasteiger partial charge is 0.335 e. The van der Waals surface area contributed by atoms with Gasteiger partial charge < -0.3 is 10.2 Å². The Kier molecular flexibility index (Phi) is 3.25. The maximum Gasteiger partial charge on any atom is 0.317 e. The van der Waals surface area contributed by atoms with Crippen LogP contribution in [-0.4, -0.2) is 53.6 Å². The second-order valence-electron chi connectivity index (χ2n) is 5.37. The van der Waals surface area contributed by atoms with E-state index in [2.05, 4.69) is 16.3 Å². The van der Waals surface area contributed by atoms with Crippen molar-refractivity contribution in [2.75, 3.05) is 26.2 Å². The zero-order valence-electron chi connectivity index (χ0n) is 10.6. The van der Waals surface area contributed by atoms with Gasteiger partial charge in [0.1, 0.15) is 5.54 Å². The molecular weight excluding hydrogens is 216 g/mol. The molecule has 1 aliphatic carbocycles. The first-order valence-electron chi connectivity index (χ1n) is 6.25. The first kappa shape index (κ1) is 12.2. The monoisotopic (exact) mass is 236 g/mol. The van der Waals surface area contributed by atoms with Crippen LogP contribution in [-0.2, 0) is 0 Å². The lowest BCUT2D eigenvalue weighted by molar-refractivity contribution is 0.0923. The summed E-state index contributed by atoms with van der Waals surface area (Å²) in [6.45, 7) is 6.82. The van der Waals surface area contributed by atoms with Crippen molar-refractivity contribution in [3.63, 3.8) is 0 Å². The van der Waals surface area contributed by atoms with Crippen molar-refractivity contribution in [2.24, 2.45) is 0 Å². The number of carbonyl (C=O) groups excluding carboxylic acids is 1. The minimum Gasteiger partial charge on any atom is -0.335 e. The Hall–Kier alpha value is -1.28. The van der Waals surface area contributed by atoms with Crippen LogP contribution >= 0.6 is 0 Å².